The van der Waals surface area contributed by atoms with Crippen LogP contribution in [0.3, 0.4) is 0 Å². The fourth-order valence-corrected chi connectivity index (χ4v) is 2.54. The van der Waals surface area contributed by atoms with E-state index in [0.29, 0.717) is 0 Å². The Morgan fingerprint density at radius 1 is 1.27 bits per heavy atom. The highest BCUT2D eigenvalue weighted by Crippen LogP contribution is 2.59. The predicted molar refractivity (Wildman–Crippen MR) is 49.4 cm³/mol. The monoisotopic (exact) mass is 155 g/mol. The molecule has 0 amide bonds. The highest BCUT2D eigenvalue weighted by atomic mass is 14.5. The van der Waals surface area contributed by atoms with Gasteiger partial charge in [-0.1, -0.05) is 19.8 Å². The average molecular weight is 155 g/mol. The van der Waals surface area contributed by atoms with Gasteiger partial charge in [-0.15, -0.1) is 0 Å². The summed E-state index contributed by atoms with van der Waals surface area (Å²) >= 11 is 0. The van der Waals surface area contributed by atoms with Crippen molar-refractivity contribution < 1.29 is 0 Å². The van der Waals surface area contributed by atoms with Gasteiger partial charge in [-0.3, -0.25) is 0 Å². The molecule has 0 radical (unpaired) electrons. The van der Waals surface area contributed by atoms with Crippen molar-refractivity contribution in [3.8, 4) is 0 Å². The summed E-state index contributed by atoms with van der Waals surface area (Å²) in [4.78, 5) is 0. The summed E-state index contributed by atoms with van der Waals surface area (Å²) in [5, 5.41) is 0. The molecule has 11 heavy (non-hydrogen) atoms. The Morgan fingerprint density at radius 3 is 2.09 bits per heavy atom. The third kappa shape index (κ3) is 1.58. The maximum Gasteiger partial charge on any atom is -0.0195 e. The fourth-order valence-electron chi connectivity index (χ4n) is 2.54. The van der Waals surface area contributed by atoms with Gasteiger partial charge in [-0.05, 0) is 44.1 Å². The Labute approximate surface area is 70.4 Å². The Hall–Kier alpha value is -0.0400. The van der Waals surface area contributed by atoms with E-state index in [4.69, 9.17) is 0 Å². The van der Waals surface area contributed by atoms with Gasteiger partial charge in [0.2, 0.25) is 0 Å². The SMILES string of the molecule is CCC1CC2(CCC2)C1.CN. The lowest BCUT2D eigenvalue weighted by atomic mass is 9.51. The molecule has 0 atom stereocenters. The maximum atomic E-state index is 4.50. The lowest BCUT2D eigenvalue weighted by Gasteiger charge is -2.54. The van der Waals surface area contributed by atoms with Gasteiger partial charge in [-0.2, -0.15) is 0 Å². The number of hydrogen-bond donors (Lipinski definition) is 1. The van der Waals surface area contributed by atoms with Gasteiger partial charge >= 0.3 is 0 Å². The molecule has 0 heterocycles. The fraction of sp³-hybridized carbons (Fsp3) is 1.00. The van der Waals surface area contributed by atoms with Gasteiger partial charge in [-0.25, -0.2) is 0 Å². The van der Waals surface area contributed by atoms with E-state index in [-0.39, 0.29) is 0 Å². The summed E-state index contributed by atoms with van der Waals surface area (Å²) in [6.07, 6.45) is 9.22. The quantitative estimate of drug-likeness (QED) is 0.618. The lowest BCUT2D eigenvalue weighted by molar-refractivity contribution is -0.0256. The number of rotatable bonds is 1. The van der Waals surface area contributed by atoms with Gasteiger partial charge in [0, 0.05) is 0 Å². The van der Waals surface area contributed by atoms with E-state index >= 15 is 0 Å². The average Bonchev–Trinajstić information content (AvgIpc) is 1.87. The second kappa shape index (κ2) is 3.57. The summed E-state index contributed by atoms with van der Waals surface area (Å²) in [6, 6.07) is 0. The molecule has 2 N–H and O–H groups in total. The third-order valence-electron chi connectivity index (χ3n) is 3.43. The van der Waals surface area contributed by atoms with E-state index in [9.17, 15) is 0 Å². The molecule has 66 valence electrons. The van der Waals surface area contributed by atoms with Crippen LogP contribution in [0.25, 0.3) is 0 Å². The van der Waals surface area contributed by atoms with Crippen molar-refractivity contribution in [2.75, 3.05) is 7.05 Å². The normalized spacial score (nSPS) is 26.5. The highest BCUT2D eigenvalue weighted by Gasteiger charge is 2.46. The first-order valence-corrected chi connectivity index (χ1v) is 4.92. The number of nitrogens with two attached hydrogens (primary N) is 1. The first-order valence-electron chi connectivity index (χ1n) is 4.92. The van der Waals surface area contributed by atoms with Crippen LogP contribution in [0.5, 0.6) is 0 Å². The maximum absolute atomic E-state index is 4.50. The Balaban J connectivity index is 0.000000281. The molecule has 2 fully saturated rings. The molecule has 0 aromatic carbocycles. The van der Waals surface area contributed by atoms with Crippen molar-refractivity contribution in [2.45, 2.75) is 45.4 Å². The molecule has 1 nitrogen and oxygen atoms in total. The molecule has 1 spiro atoms. The van der Waals surface area contributed by atoms with Gasteiger partial charge in [0.1, 0.15) is 0 Å². The topological polar surface area (TPSA) is 26.0 Å². The standard InChI is InChI=1S/C9H16.CH5N/c1-2-8-6-9(7-8)4-3-5-9;1-2/h8H,2-7H2,1H3;2H2,1H3. The van der Waals surface area contributed by atoms with E-state index in [2.05, 4.69) is 12.7 Å². The molecule has 2 aliphatic carbocycles. The van der Waals surface area contributed by atoms with E-state index in [1.54, 1.807) is 25.7 Å². The van der Waals surface area contributed by atoms with Crippen molar-refractivity contribution in [2.24, 2.45) is 17.1 Å². The number of hydrogen-bond acceptors (Lipinski definition) is 1. The van der Waals surface area contributed by atoms with Crippen molar-refractivity contribution >= 4 is 0 Å². The molecular formula is C10H21N. The zero-order valence-corrected chi connectivity index (χ0v) is 7.90. The minimum Gasteiger partial charge on any atom is -0.333 e. The molecule has 2 saturated carbocycles. The van der Waals surface area contributed by atoms with Gasteiger partial charge < -0.3 is 5.73 Å². The molecule has 0 bridgehead atoms. The van der Waals surface area contributed by atoms with Crippen LogP contribution in [0, 0.1) is 11.3 Å². The molecule has 2 aliphatic rings. The van der Waals surface area contributed by atoms with Crippen molar-refractivity contribution in [3.63, 3.8) is 0 Å². The Bertz CT molecular complexity index is 108. The van der Waals surface area contributed by atoms with Crippen LogP contribution in [0.2, 0.25) is 0 Å². The van der Waals surface area contributed by atoms with Crippen LogP contribution in [0.15, 0.2) is 0 Å². The van der Waals surface area contributed by atoms with Crippen LogP contribution in [-0.2, 0) is 0 Å². The van der Waals surface area contributed by atoms with E-state index in [1.165, 1.54) is 19.9 Å². The first-order chi connectivity index (χ1) is 5.35. The minimum atomic E-state index is 0.917. The van der Waals surface area contributed by atoms with Crippen molar-refractivity contribution in [1.29, 1.82) is 0 Å². The summed E-state index contributed by atoms with van der Waals surface area (Å²) < 4.78 is 0. The molecule has 0 aromatic heterocycles. The van der Waals surface area contributed by atoms with Crippen LogP contribution < -0.4 is 5.73 Å². The van der Waals surface area contributed by atoms with Crippen molar-refractivity contribution in [3.05, 3.63) is 0 Å². The van der Waals surface area contributed by atoms with E-state index in [1.807, 2.05) is 0 Å². The Kier molecular flexibility index (Phi) is 2.94. The van der Waals surface area contributed by atoms with Gasteiger partial charge in [0.05, 0.1) is 0 Å². The van der Waals surface area contributed by atoms with Crippen LogP contribution in [0.1, 0.15) is 45.4 Å². The summed E-state index contributed by atoms with van der Waals surface area (Å²) in [5.74, 6) is 1.12. The Morgan fingerprint density at radius 2 is 1.82 bits per heavy atom. The second-order valence-corrected chi connectivity index (χ2v) is 4.04. The summed E-state index contributed by atoms with van der Waals surface area (Å²) in [7, 11) is 1.50. The lowest BCUT2D eigenvalue weighted by Crippen LogP contribution is -2.42. The second-order valence-electron chi connectivity index (χ2n) is 4.04. The zero-order chi connectivity index (χ0) is 8.32. The van der Waals surface area contributed by atoms with E-state index in [0.717, 1.165) is 11.3 Å². The minimum absolute atomic E-state index is 0.917. The molecule has 1 heteroatoms. The summed E-state index contributed by atoms with van der Waals surface area (Å²) in [5.41, 5.74) is 5.42. The molecule has 0 saturated heterocycles. The highest BCUT2D eigenvalue weighted by molar-refractivity contribution is 4.98. The molecular weight excluding hydrogens is 134 g/mol. The van der Waals surface area contributed by atoms with Crippen LogP contribution >= 0.6 is 0 Å². The van der Waals surface area contributed by atoms with Crippen LogP contribution in [0.4, 0.5) is 0 Å². The van der Waals surface area contributed by atoms with Gasteiger partial charge in [0.15, 0.2) is 0 Å². The van der Waals surface area contributed by atoms with Gasteiger partial charge in [0.25, 0.3) is 0 Å². The largest absolute Gasteiger partial charge is 0.333 e. The van der Waals surface area contributed by atoms with Crippen molar-refractivity contribution in [1.82, 2.24) is 0 Å². The smallest absolute Gasteiger partial charge is 0.0195 e. The predicted octanol–water partition coefficient (Wildman–Crippen LogP) is 2.55. The molecule has 2 rings (SSSR count). The molecule has 0 aliphatic heterocycles. The molecule has 0 unspecified atom stereocenters. The van der Waals surface area contributed by atoms with E-state index < -0.39 is 0 Å². The zero-order valence-electron chi connectivity index (χ0n) is 7.90. The first kappa shape index (κ1) is 9.05. The molecule has 0 aromatic rings. The third-order valence-corrected chi connectivity index (χ3v) is 3.43. The van der Waals surface area contributed by atoms with Crippen LogP contribution in [-0.4, -0.2) is 7.05 Å². The summed E-state index contributed by atoms with van der Waals surface area (Å²) in [6.45, 7) is 2.33.